The lowest BCUT2D eigenvalue weighted by atomic mass is 10.3. The minimum absolute atomic E-state index is 0.308. The second-order valence-corrected chi connectivity index (χ2v) is 4.28. The van der Waals surface area contributed by atoms with Crippen molar-refractivity contribution in [2.24, 2.45) is 0 Å². The Morgan fingerprint density at radius 2 is 2.35 bits per heavy atom. The molecule has 0 aliphatic rings. The number of aliphatic hydroxyl groups is 1. The van der Waals surface area contributed by atoms with Crippen LogP contribution in [0, 0.1) is 0 Å². The van der Waals surface area contributed by atoms with Gasteiger partial charge >= 0.3 is 0 Å². The Hall–Kier alpha value is -1.79. The fraction of sp³-hybridized carbons (Fsp3) is 0.182. The van der Waals surface area contributed by atoms with E-state index in [2.05, 4.69) is 15.3 Å². The molecule has 88 valence electrons. The molecule has 0 aromatic carbocycles. The number of rotatable bonds is 3. The Morgan fingerprint density at radius 1 is 1.53 bits per heavy atom. The van der Waals surface area contributed by atoms with Crippen molar-refractivity contribution in [3.05, 3.63) is 41.2 Å². The molecule has 6 heteroatoms. The number of hydrogen-bond donors (Lipinski definition) is 2. The molecule has 2 aromatic rings. The van der Waals surface area contributed by atoms with Crippen LogP contribution >= 0.6 is 11.3 Å². The summed E-state index contributed by atoms with van der Waals surface area (Å²) < 4.78 is 0. The Kier molecular flexibility index (Phi) is 3.46. The summed E-state index contributed by atoms with van der Waals surface area (Å²) in [6.45, 7) is 1.62. The maximum absolute atomic E-state index is 11.7. The van der Waals surface area contributed by atoms with Gasteiger partial charge in [0.1, 0.15) is 5.69 Å². The summed E-state index contributed by atoms with van der Waals surface area (Å²) in [7, 11) is 0. The lowest BCUT2D eigenvalue weighted by Crippen LogP contribution is -2.13. The van der Waals surface area contributed by atoms with Crippen molar-refractivity contribution in [3.63, 3.8) is 0 Å². The molecule has 2 N–H and O–H groups in total. The minimum Gasteiger partial charge on any atom is -0.387 e. The number of carbonyl (C=O) groups excluding carboxylic acids is 1. The zero-order valence-corrected chi connectivity index (χ0v) is 9.94. The number of carbonyl (C=O) groups is 1. The first-order chi connectivity index (χ1) is 8.16. The number of aliphatic hydroxyl groups excluding tert-OH is 1. The summed E-state index contributed by atoms with van der Waals surface area (Å²) in [6, 6.07) is 5.11. The van der Waals surface area contributed by atoms with Crippen molar-refractivity contribution in [1.82, 2.24) is 9.97 Å². The highest BCUT2D eigenvalue weighted by Crippen LogP contribution is 2.20. The fourth-order valence-electron chi connectivity index (χ4n) is 1.19. The summed E-state index contributed by atoms with van der Waals surface area (Å²) in [5.41, 5.74) is 0.882. The summed E-state index contributed by atoms with van der Waals surface area (Å²) >= 11 is 1.27. The molecule has 0 aliphatic heterocycles. The first-order valence-electron chi connectivity index (χ1n) is 5.02. The number of hydrogen-bond acceptors (Lipinski definition) is 5. The number of thiazole rings is 1. The van der Waals surface area contributed by atoms with Crippen LogP contribution in [0.2, 0.25) is 0 Å². The first kappa shape index (κ1) is 11.7. The molecule has 5 nitrogen and oxygen atoms in total. The second kappa shape index (κ2) is 5.03. The summed E-state index contributed by atoms with van der Waals surface area (Å²) in [4.78, 5) is 19.7. The van der Waals surface area contributed by atoms with Crippen LogP contribution in [0.15, 0.2) is 29.8 Å². The van der Waals surface area contributed by atoms with Gasteiger partial charge in [0.05, 0.1) is 11.8 Å². The van der Waals surface area contributed by atoms with Gasteiger partial charge in [0, 0.05) is 11.6 Å². The Labute approximate surface area is 102 Å². The normalized spacial score (nSPS) is 12.1. The van der Waals surface area contributed by atoms with E-state index in [1.54, 1.807) is 36.7 Å². The van der Waals surface area contributed by atoms with Gasteiger partial charge in [0.25, 0.3) is 5.91 Å². The van der Waals surface area contributed by atoms with Gasteiger partial charge in [-0.3, -0.25) is 15.1 Å². The maximum Gasteiger partial charge on any atom is 0.276 e. The molecule has 0 aliphatic carbocycles. The van der Waals surface area contributed by atoms with Gasteiger partial charge in [-0.15, -0.1) is 11.3 Å². The molecular weight excluding hydrogens is 238 g/mol. The zero-order chi connectivity index (χ0) is 12.3. The smallest absolute Gasteiger partial charge is 0.276 e. The van der Waals surface area contributed by atoms with Crippen LogP contribution in [-0.2, 0) is 0 Å². The molecule has 0 saturated heterocycles. The molecule has 2 rings (SSSR count). The summed E-state index contributed by atoms with van der Waals surface area (Å²) in [5.74, 6) is -0.308. The molecule has 0 fully saturated rings. The standard InChI is InChI=1S/C11H11N3O2S/c1-7(15)9-6-17-11(13-9)14-10(16)8-4-2-3-5-12-8/h2-7,15H,1H3,(H,13,14,16). The van der Waals surface area contributed by atoms with E-state index in [9.17, 15) is 9.90 Å². The lowest BCUT2D eigenvalue weighted by molar-refractivity contribution is 0.102. The number of nitrogens with zero attached hydrogens (tertiary/aromatic N) is 2. The molecule has 1 atom stereocenters. The SMILES string of the molecule is CC(O)c1csc(NC(=O)c2ccccn2)n1. The molecule has 2 aromatic heterocycles. The largest absolute Gasteiger partial charge is 0.387 e. The number of nitrogens with one attached hydrogen (secondary N) is 1. The van der Waals surface area contributed by atoms with Crippen LogP contribution in [0.25, 0.3) is 0 Å². The quantitative estimate of drug-likeness (QED) is 0.870. The number of anilines is 1. The van der Waals surface area contributed by atoms with E-state index < -0.39 is 6.10 Å². The summed E-state index contributed by atoms with van der Waals surface area (Å²) in [6.07, 6.45) is 0.921. The van der Waals surface area contributed by atoms with Crippen molar-refractivity contribution >= 4 is 22.4 Å². The first-order valence-corrected chi connectivity index (χ1v) is 5.90. The van der Waals surface area contributed by atoms with Gasteiger partial charge in [-0.2, -0.15) is 0 Å². The van der Waals surface area contributed by atoms with E-state index in [1.165, 1.54) is 11.3 Å². The zero-order valence-electron chi connectivity index (χ0n) is 9.12. The van der Waals surface area contributed by atoms with Crippen molar-refractivity contribution < 1.29 is 9.90 Å². The minimum atomic E-state index is -0.633. The van der Waals surface area contributed by atoms with Crippen LogP contribution in [-0.4, -0.2) is 21.0 Å². The van der Waals surface area contributed by atoms with E-state index in [1.807, 2.05) is 0 Å². The molecule has 0 radical (unpaired) electrons. The predicted molar refractivity (Wildman–Crippen MR) is 64.9 cm³/mol. The van der Waals surface area contributed by atoms with Crippen molar-refractivity contribution in [3.8, 4) is 0 Å². The molecular formula is C11H11N3O2S. The Balaban J connectivity index is 2.08. The Morgan fingerprint density at radius 3 is 2.94 bits per heavy atom. The average Bonchev–Trinajstić information content (AvgIpc) is 2.79. The monoisotopic (exact) mass is 249 g/mol. The third-order valence-electron chi connectivity index (χ3n) is 2.07. The number of pyridine rings is 1. The third kappa shape index (κ3) is 2.86. The van der Waals surface area contributed by atoms with Gasteiger partial charge in [-0.1, -0.05) is 6.07 Å². The van der Waals surface area contributed by atoms with E-state index in [-0.39, 0.29) is 5.91 Å². The van der Waals surface area contributed by atoms with Gasteiger partial charge in [-0.05, 0) is 19.1 Å². The van der Waals surface area contributed by atoms with Crippen molar-refractivity contribution in [1.29, 1.82) is 0 Å². The van der Waals surface area contributed by atoms with E-state index >= 15 is 0 Å². The predicted octanol–water partition coefficient (Wildman–Crippen LogP) is 1.84. The third-order valence-corrected chi connectivity index (χ3v) is 2.84. The maximum atomic E-state index is 11.7. The van der Waals surface area contributed by atoms with E-state index in [4.69, 9.17) is 0 Å². The molecule has 0 bridgehead atoms. The summed E-state index contributed by atoms with van der Waals surface area (Å²) in [5, 5.41) is 14.1. The van der Waals surface area contributed by atoms with Crippen LogP contribution in [0.4, 0.5) is 5.13 Å². The van der Waals surface area contributed by atoms with E-state index in [0.717, 1.165) is 0 Å². The molecule has 1 unspecified atom stereocenters. The lowest BCUT2D eigenvalue weighted by Gasteiger charge is -2.00. The fourth-order valence-corrected chi connectivity index (χ4v) is 1.99. The molecule has 0 saturated carbocycles. The van der Waals surface area contributed by atoms with E-state index in [0.29, 0.717) is 16.5 Å². The molecule has 17 heavy (non-hydrogen) atoms. The highest BCUT2D eigenvalue weighted by atomic mass is 32.1. The van der Waals surface area contributed by atoms with Crippen LogP contribution < -0.4 is 5.32 Å². The van der Waals surface area contributed by atoms with Crippen molar-refractivity contribution in [2.75, 3.05) is 5.32 Å². The highest BCUT2D eigenvalue weighted by Gasteiger charge is 2.11. The van der Waals surface area contributed by atoms with Gasteiger partial charge < -0.3 is 5.11 Å². The van der Waals surface area contributed by atoms with Gasteiger partial charge in [0.15, 0.2) is 5.13 Å². The van der Waals surface area contributed by atoms with Crippen LogP contribution in [0.5, 0.6) is 0 Å². The highest BCUT2D eigenvalue weighted by molar-refractivity contribution is 7.14. The second-order valence-electron chi connectivity index (χ2n) is 3.42. The van der Waals surface area contributed by atoms with Crippen LogP contribution in [0.3, 0.4) is 0 Å². The number of amides is 1. The topological polar surface area (TPSA) is 75.1 Å². The van der Waals surface area contributed by atoms with Crippen LogP contribution in [0.1, 0.15) is 29.2 Å². The Bertz CT molecular complexity index is 510. The average molecular weight is 249 g/mol. The molecule has 2 heterocycles. The van der Waals surface area contributed by atoms with Gasteiger partial charge in [0.2, 0.25) is 0 Å². The van der Waals surface area contributed by atoms with Gasteiger partial charge in [-0.25, -0.2) is 4.98 Å². The number of aromatic nitrogens is 2. The molecule has 0 spiro atoms. The van der Waals surface area contributed by atoms with Crippen molar-refractivity contribution in [2.45, 2.75) is 13.0 Å². The molecule has 1 amide bonds.